The number of fused-ring (bicyclic) bond motifs is 21. The van der Waals surface area contributed by atoms with Crippen molar-refractivity contribution < 1.29 is 13.3 Å². The van der Waals surface area contributed by atoms with Gasteiger partial charge < -0.3 is 32.2 Å². The zero-order chi connectivity index (χ0) is 90.1. The second kappa shape index (κ2) is 29.0. The van der Waals surface area contributed by atoms with Gasteiger partial charge in [0.05, 0.1) is 32.9 Å². The minimum Gasteiger partial charge on any atom is -0.456 e. The highest BCUT2D eigenvalue weighted by Gasteiger charge is 2.49. The van der Waals surface area contributed by atoms with Crippen molar-refractivity contribution in [3.63, 3.8) is 0 Å². The number of hydrogen-bond donors (Lipinski definition) is 0. The van der Waals surface area contributed by atoms with Crippen LogP contribution in [-0.2, 0) is 32.5 Å². The van der Waals surface area contributed by atoms with Gasteiger partial charge in [-0.15, -0.1) is 0 Å². The Morgan fingerprint density at radius 3 is 0.744 bits per heavy atom. The molecule has 642 valence electrons. The molecular weight excluding hydrogens is 1620 g/mol. The van der Waals surface area contributed by atoms with E-state index >= 15 is 0 Å². The highest BCUT2D eigenvalue weighted by Crippen LogP contribution is 2.61. The van der Waals surface area contributed by atoms with Gasteiger partial charge in [-0.3, -0.25) is 0 Å². The maximum absolute atomic E-state index is 7.24. The van der Waals surface area contributed by atoms with Crippen LogP contribution in [0.3, 0.4) is 0 Å². The van der Waals surface area contributed by atoms with Crippen molar-refractivity contribution >= 4 is 144 Å². The molecule has 5 heterocycles. The van der Waals surface area contributed by atoms with Crippen molar-refractivity contribution in [1.82, 2.24) is 9.13 Å². The Kier molecular flexibility index (Phi) is 17.4. The molecule has 0 radical (unpaired) electrons. The second-order valence-electron chi connectivity index (χ2n) is 41.2. The summed E-state index contributed by atoms with van der Waals surface area (Å²) in [5.74, 6) is 0. The van der Waals surface area contributed by atoms with E-state index in [9.17, 15) is 0 Å². The molecule has 18 aromatic carbocycles. The zero-order valence-corrected chi connectivity index (χ0v) is 77.0. The normalized spacial score (nSPS) is 13.7. The van der Waals surface area contributed by atoms with Gasteiger partial charge in [-0.1, -0.05) is 289 Å². The fourth-order valence-electron chi connectivity index (χ4n) is 22.6. The molecule has 0 N–H and O–H groups in total. The van der Waals surface area contributed by atoms with E-state index in [1.54, 1.807) is 0 Å². The van der Waals surface area contributed by atoms with E-state index < -0.39 is 10.8 Å². The van der Waals surface area contributed by atoms with Gasteiger partial charge in [-0.2, -0.15) is 0 Å². The van der Waals surface area contributed by atoms with Gasteiger partial charge >= 0.3 is 0 Å². The van der Waals surface area contributed by atoms with Gasteiger partial charge in [-0.25, -0.2) is 0 Å². The highest BCUT2D eigenvalue weighted by atomic mass is 16.3. The first-order chi connectivity index (χ1) is 64.4. The van der Waals surface area contributed by atoms with Crippen molar-refractivity contribution in [2.45, 2.75) is 116 Å². The Bertz CT molecular complexity index is 7980. The average Bonchev–Trinajstić information content (AvgIpc) is 1.54. The van der Waals surface area contributed by atoms with E-state index in [4.69, 9.17) is 13.3 Å². The molecule has 0 aliphatic heterocycles. The molecule has 0 saturated carbocycles. The minimum absolute atomic E-state index is 0.0238. The van der Waals surface area contributed by atoms with Crippen molar-refractivity contribution in [3.05, 3.63) is 455 Å². The lowest BCUT2D eigenvalue weighted by Crippen LogP contribution is -2.28. The van der Waals surface area contributed by atoms with Crippen molar-refractivity contribution in [2.75, 3.05) is 9.80 Å². The van der Waals surface area contributed by atoms with Crippen LogP contribution in [0.2, 0.25) is 0 Å². The number of furan rings is 3. The Morgan fingerprint density at radius 2 is 0.444 bits per heavy atom. The first-order valence-electron chi connectivity index (χ1n) is 46.8. The predicted octanol–water partition coefficient (Wildman–Crippen LogP) is 34.4. The van der Waals surface area contributed by atoms with E-state index in [1.165, 1.54) is 133 Å². The minimum atomic E-state index is -0.621. The summed E-state index contributed by atoms with van der Waals surface area (Å²) in [5, 5.41) is 10.9. The fraction of sp³-hybridized carbons (Fsp3) is 0.143. The first kappa shape index (κ1) is 79.7. The van der Waals surface area contributed by atoms with Crippen LogP contribution in [-0.4, -0.2) is 9.13 Å². The molecule has 2 aliphatic carbocycles. The standard InChI is InChI=1S/C126H100N4O3/c1-121(2,3)81-41-61-111-99(65-81)100-66-82(122(4,5)6)42-62-112(100)129(111)87-49-45-85(46-50-87)127(89-53-57-95-93-37-25-27-39-107(93)125(109(95)69-89,77-29-17-13-18-30-77)78-31-19-14-20-32-78)91-55-59-97-103-73-119-105(75-117(103)131-115(97)71-91)106-76-118-104(74-120(106)133-119)98-60-56-92(72-116(98)132-118)128(90-54-58-96-94-38-26-28-40-108(94)126(110(96)70-90,79-33-21-15-22-34-79)80-35-23-16-24-36-80)86-47-51-88(52-48-86)130-113-63-43-83(123(7,8)9)67-101(113)102-68-84(124(10,11)12)44-64-114(102)130/h13-76H,1-12H3. The van der Waals surface area contributed by atoms with Gasteiger partial charge in [0.1, 0.15) is 33.5 Å². The summed E-state index contributed by atoms with van der Waals surface area (Å²) in [6.45, 7) is 27.7. The Morgan fingerprint density at radius 1 is 0.195 bits per heavy atom. The molecule has 25 rings (SSSR count). The second-order valence-corrected chi connectivity index (χ2v) is 41.2. The molecule has 7 heteroatoms. The molecule has 5 aromatic heterocycles. The number of nitrogens with zero attached hydrogens (tertiary/aromatic N) is 4. The third kappa shape index (κ3) is 12.2. The van der Waals surface area contributed by atoms with Gasteiger partial charge in [0.25, 0.3) is 0 Å². The van der Waals surface area contributed by atoms with Gasteiger partial charge in [0.2, 0.25) is 0 Å². The van der Waals surface area contributed by atoms with Gasteiger partial charge in [0, 0.05) is 111 Å². The molecule has 0 atom stereocenters. The van der Waals surface area contributed by atoms with E-state index in [-0.39, 0.29) is 21.7 Å². The lowest BCUT2D eigenvalue weighted by molar-refractivity contribution is 0.590. The Hall–Kier alpha value is -15.4. The van der Waals surface area contributed by atoms with Crippen LogP contribution < -0.4 is 9.80 Å². The fourth-order valence-corrected chi connectivity index (χ4v) is 22.6. The molecule has 0 amide bonds. The van der Waals surface area contributed by atoms with Crippen LogP contribution in [0.1, 0.15) is 150 Å². The Labute approximate surface area is 774 Å². The number of anilines is 6. The lowest BCUT2D eigenvalue weighted by Gasteiger charge is -2.35. The number of hydrogen-bond acceptors (Lipinski definition) is 5. The summed E-state index contributed by atoms with van der Waals surface area (Å²) >= 11 is 0. The van der Waals surface area contributed by atoms with Crippen LogP contribution in [0.15, 0.2) is 401 Å². The summed E-state index contributed by atoms with van der Waals surface area (Å²) in [7, 11) is 0. The number of benzene rings is 18. The molecule has 7 nitrogen and oxygen atoms in total. The van der Waals surface area contributed by atoms with E-state index in [2.05, 4.69) is 490 Å². The van der Waals surface area contributed by atoms with Crippen molar-refractivity contribution in [3.8, 4) is 33.6 Å². The van der Waals surface area contributed by atoms with Crippen molar-refractivity contribution in [1.29, 1.82) is 0 Å². The maximum atomic E-state index is 7.24. The molecule has 0 bridgehead atoms. The monoisotopic (exact) mass is 1720 g/mol. The summed E-state index contributed by atoms with van der Waals surface area (Å²) in [4.78, 5) is 4.83. The van der Waals surface area contributed by atoms with Crippen LogP contribution in [0.25, 0.3) is 143 Å². The molecule has 0 spiro atoms. The largest absolute Gasteiger partial charge is 0.456 e. The van der Waals surface area contributed by atoms with Crippen LogP contribution >= 0.6 is 0 Å². The van der Waals surface area contributed by atoms with Gasteiger partial charge in [-0.05, 0) is 281 Å². The molecule has 0 fully saturated rings. The van der Waals surface area contributed by atoms with Crippen LogP contribution in [0.4, 0.5) is 34.1 Å². The van der Waals surface area contributed by atoms with E-state index in [1.807, 2.05) is 0 Å². The summed E-state index contributed by atoms with van der Waals surface area (Å²) in [6, 6.07) is 145. The third-order valence-corrected chi connectivity index (χ3v) is 29.3. The molecule has 2 aliphatic rings. The number of aromatic nitrogens is 2. The van der Waals surface area contributed by atoms with Crippen LogP contribution in [0.5, 0.6) is 0 Å². The van der Waals surface area contributed by atoms with Crippen LogP contribution in [0, 0.1) is 0 Å². The predicted molar refractivity (Wildman–Crippen MR) is 556 cm³/mol. The van der Waals surface area contributed by atoms with Crippen molar-refractivity contribution in [2.24, 2.45) is 0 Å². The first-order valence-corrected chi connectivity index (χ1v) is 46.8. The quantitative estimate of drug-likeness (QED) is 0.122. The molecule has 23 aromatic rings. The molecular formula is C126H100N4O3. The molecule has 133 heavy (non-hydrogen) atoms. The number of rotatable bonds is 12. The topological polar surface area (TPSA) is 55.8 Å². The zero-order valence-electron chi connectivity index (χ0n) is 77.0. The SMILES string of the molecule is CC(C)(C)c1ccc2c(c1)c1cc(C(C)(C)C)ccc1n2-c1ccc(N(c2ccc3c(c2)C(c2ccccc2)(c2ccccc2)c2ccccc2-3)c2ccc3c(c2)oc2cc4c(cc23)oc2cc3c(cc24)oc2cc(N(c4ccc(-n5c6ccc(C(C)(C)C)cc6c6cc(C(C)(C)C)ccc65)cc4)c4ccc5c(c4)C(c4ccccc4)(c4ccccc4)c4ccccc4-5)ccc23)cc1. The third-order valence-electron chi connectivity index (χ3n) is 29.3. The van der Waals surface area contributed by atoms with Gasteiger partial charge in [0.15, 0.2) is 0 Å². The Balaban J connectivity index is 0.623. The van der Waals surface area contributed by atoms with E-state index in [0.717, 1.165) is 111 Å². The van der Waals surface area contributed by atoms with E-state index in [0.29, 0.717) is 0 Å². The summed E-state index contributed by atoms with van der Waals surface area (Å²) < 4.78 is 26.5. The molecule has 0 unspecified atom stereocenters. The molecule has 0 saturated heterocycles. The summed E-state index contributed by atoms with van der Waals surface area (Å²) in [5.41, 5.74) is 36.1. The highest BCUT2D eigenvalue weighted by molar-refractivity contribution is 6.20. The smallest absolute Gasteiger partial charge is 0.137 e. The maximum Gasteiger partial charge on any atom is 0.137 e. The summed E-state index contributed by atoms with van der Waals surface area (Å²) in [6.07, 6.45) is 0. The average molecular weight is 1720 g/mol. The lowest BCUT2D eigenvalue weighted by atomic mass is 9.67.